The zero-order valence-corrected chi connectivity index (χ0v) is 11.3. The van der Waals surface area contributed by atoms with E-state index in [2.05, 4.69) is 4.90 Å². The molecule has 0 aromatic heterocycles. The smallest absolute Gasteiger partial charge is 0.120 e. The van der Waals surface area contributed by atoms with E-state index in [0.717, 1.165) is 11.4 Å². The highest BCUT2D eigenvalue weighted by Crippen LogP contribution is 2.29. The van der Waals surface area contributed by atoms with Crippen LogP contribution in [-0.2, 0) is 0 Å². The van der Waals surface area contributed by atoms with E-state index in [-0.39, 0.29) is 6.10 Å². The molecule has 1 fully saturated rings. The minimum atomic E-state index is -0.219. The van der Waals surface area contributed by atoms with E-state index in [4.69, 9.17) is 4.74 Å². The fraction of sp³-hybridized carbons (Fsp3) is 0.600. The Labute approximate surface area is 109 Å². The van der Waals surface area contributed by atoms with Crippen molar-refractivity contribution in [2.45, 2.75) is 31.8 Å². The molecule has 1 N–H and O–H groups in total. The number of ether oxygens (including phenoxy) is 1. The number of aliphatic hydroxyl groups is 1. The molecule has 1 saturated carbocycles. The first-order valence-electron chi connectivity index (χ1n) is 6.74. The highest BCUT2D eigenvalue weighted by atomic mass is 16.5. The van der Waals surface area contributed by atoms with Gasteiger partial charge in [-0.3, -0.25) is 0 Å². The molecule has 0 radical (unpaired) electrons. The molecule has 0 spiro atoms. The zero-order valence-electron chi connectivity index (χ0n) is 11.3. The summed E-state index contributed by atoms with van der Waals surface area (Å²) in [6, 6.07) is 7.96. The van der Waals surface area contributed by atoms with Gasteiger partial charge in [-0.2, -0.15) is 0 Å². The average Bonchev–Trinajstić information content (AvgIpc) is 2.92. The van der Waals surface area contributed by atoms with E-state index >= 15 is 0 Å². The molecule has 1 atom stereocenters. The third-order valence-electron chi connectivity index (χ3n) is 3.90. The van der Waals surface area contributed by atoms with Crippen LogP contribution in [0.5, 0.6) is 5.75 Å². The molecule has 1 aliphatic carbocycles. The molecule has 3 heteroatoms. The van der Waals surface area contributed by atoms with Crippen molar-refractivity contribution in [2.24, 2.45) is 5.92 Å². The van der Waals surface area contributed by atoms with E-state index in [1.54, 1.807) is 7.11 Å². The Morgan fingerprint density at radius 1 is 1.39 bits per heavy atom. The highest BCUT2D eigenvalue weighted by Gasteiger charge is 2.24. The van der Waals surface area contributed by atoms with Crippen LogP contribution in [0.4, 0.5) is 5.69 Å². The van der Waals surface area contributed by atoms with Crippen molar-refractivity contribution in [1.82, 2.24) is 0 Å². The molecule has 18 heavy (non-hydrogen) atoms. The number of likely N-dealkylation sites (N-methyl/N-ethyl adjacent to an activating group) is 1. The molecule has 1 aliphatic rings. The van der Waals surface area contributed by atoms with Gasteiger partial charge in [0, 0.05) is 25.3 Å². The monoisotopic (exact) mass is 249 g/mol. The van der Waals surface area contributed by atoms with Crippen LogP contribution in [0.2, 0.25) is 0 Å². The van der Waals surface area contributed by atoms with Gasteiger partial charge in [-0.1, -0.05) is 18.9 Å². The van der Waals surface area contributed by atoms with Gasteiger partial charge in [-0.25, -0.2) is 0 Å². The minimum Gasteiger partial charge on any atom is -0.497 e. The zero-order chi connectivity index (χ0) is 13.0. The summed E-state index contributed by atoms with van der Waals surface area (Å²) >= 11 is 0. The molecule has 0 bridgehead atoms. The number of methoxy groups -OCH3 is 1. The quantitative estimate of drug-likeness (QED) is 0.871. The van der Waals surface area contributed by atoms with Gasteiger partial charge in [0.1, 0.15) is 5.75 Å². The molecule has 0 heterocycles. The molecule has 1 unspecified atom stereocenters. The average molecular weight is 249 g/mol. The SMILES string of the molecule is COc1cccc(N(C)CC(O)C2CCCC2)c1. The van der Waals surface area contributed by atoms with Gasteiger partial charge in [0.15, 0.2) is 0 Å². The molecule has 0 aliphatic heterocycles. The molecule has 0 saturated heterocycles. The van der Waals surface area contributed by atoms with E-state index in [1.807, 2.05) is 31.3 Å². The number of nitrogens with zero attached hydrogens (tertiary/aromatic N) is 1. The highest BCUT2D eigenvalue weighted by molar-refractivity contribution is 5.50. The topological polar surface area (TPSA) is 32.7 Å². The van der Waals surface area contributed by atoms with Gasteiger partial charge >= 0.3 is 0 Å². The van der Waals surface area contributed by atoms with Crippen molar-refractivity contribution in [1.29, 1.82) is 0 Å². The van der Waals surface area contributed by atoms with Crippen molar-refractivity contribution in [2.75, 3.05) is 25.6 Å². The summed E-state index contributed by atoms with van der Waals surface area (Å²) in [7, 11) is 3.69. The molecule has 0 amide bonds. The summed E-state index contributed by atoms with van der Waals surface area (Å²) < 4.78 is 5.22. The van der Waals surface area contributed by atoms with Gasteiger partial charge in [0.2, 0.25) is 0 Å². The van der Waals surface area contributed by atoms with E-state index in [9.17, 15) is 5.11 Å². The largest absolute Gasteiger partial charge is 0.497 e. The van der Waals surface area contributed by atoms with Crippen LogP contribution in [0.15, 0.2) is 24.3 Å². The maximum atomic E-state index is 10.2. The predicted molar refractivity (Wildman–Crippen MR) is 74.2 cm³/mol. The number of anilines is 1. The second kappa shape index (κ2) is 6.10. The maximum Gasteiger partial charge on any atom is 0.120 e. The minimum absolute atomic E-state index is 0.219. The summed E-state index contributed by atoms with van der Waals surface area (Å²) in [5, 5.41) is 10.2. The lowest BCUT2D eigenvalue weighted by atomic mass is 10.0. The van der Waals surface area contributed by atoms with Crippen molar-refractivity contribution in [3.05, 3.63) is 24.3 Å². The van der Waals surface area contributed by atoms with E-state index < -0.39 is 0 Å². The van der Waals surface area contributed by atoms with Crippen LogP contribution in [-0.4, -0.2) is 31.9 Å². The van der Waals surface area contributed by atoms with Crippen LogP contribution in [0.1, 0.15) is 25.7 Å². The van der Waals surface area contributed by atoms with Crippen molar-refractivity contribution in [3.63, 3.8) is 0 Å². The number of aliphatic hydroxyl groups excluding tert-OH is 1. The number of benzene rings is 1. The normalized spacial score (nSPS) is 17.7. The van der Waals surface area contributed by atoms with Crippen LogP contribution < -0.4 is 9.64 Å². The standard InChI is InChI=1S/C15H23NO2/c1-16(11-15(17)12-6-3-4-7-12)13-8-5-9-14(10-13)18-2/h5,8-10,12,15,17H,3-4,6-7,11H2,1-2H3. The van der Waals surface area contributed by atoms with Crippen LogP contribution in [0.25, 0.3) is 0 Å². The third-order valence-corrected chi connectivity index (χ3v) is 3.90. The Kier molecular flexibility index (Phi) is 4.48. The van der Waals surface area contributed by atoms with Crippen LogP contribution in [0, 0.1) is 5.92 Å². The lowest BCUT2D eigenvalue weighted by Gasteiger charge is -2.26. The summed E-state index contributed by atoms with van der Waals surface area (Å²) in [5.41, 5.74) is 1.09. The Morgan fingerprint density at radius 2 is 2.11 bits per heavy atom. The van der Waals surface area contributed by atoms with Gasteiger partial charge in [-0.05, 0) is 30.9 Å². The second-order valence-corrected chi connectivity index (χ2v) is 5.19. The Bertz CT molecular complexity index is 375. The summed E-state index contributed by atoms with van der Waals surface area (Å²) in [6.45, 7) is 0.692. The van der Waals surface area contributed by atoms with Gasteiger partial charge in [-0.15, -0.1) is 0 Å². The van der Waals surface area contributed by atoms with Gasteiger partial charge in [0.05, 0.1) is 13.2 Å². The van der Waals surface area contributed by atoms with Crippen LogP contribution >= 0.6 is 0 Å². The van der Waals surface area contributed by atoms with Crippen molar-refractivity contribution < 1.29 is 9.84 Å². The number of hydrogen-bond donors (Lipinski definition) is 1. The lowest BCUT2D eigenvalue weighted by Crippen LogP contribution is -2.33. The third kappa shape index (κ3) is 3.16. The van der Waals surface area contributed by atoms with E-state index in [0.29, 0.717) is 12.5 Å². The Balaban J connectivity index is 1.95. The molecule has 3 nitrogen and oxygen atoms in total. The van der Waals surface area contributed by atoms with Gasteiger partial charge in [0.25, 0.3) is 0 Å². The molecule has 2 rings (SSSR count). The molecule has 100 valence electrons. The Morgan fingerprint density at radius 3 is 2.78 bits per heavy atom. The fourth-order valence-corrected chi connectivity index (χ4v) is 2.73. The predicted octanol–water partition coefficient (Wildman–Crippen LogP) is 2.68. The summed E-state index contributed by atoms with van der Waals surface area (Å²) in [5.74, 6) is 1.34. The summed E-state index contributed by atoms with van der Waals surface area (Å²) in [6.07, 6.45) is 4.67. The number of rotatable bonds is 5. The molecule has 1 aromatic rings. The maximum absolute atomic E-state index is 10.2. The first-order chi connectivity index (χ1) is 8.70. The molecular formula is C15H23NO2. The molecule has 1 aromatic carbocycles. The second-order valence-electron chi connectivity index (χ2n) is 5.19. The number of hydrogen-bond acceptors (Lipinski definition) is 3. The van der Waals surface area contributed by atoms with Gasteiger partial charge < -0.3 is 14.7 Å². The Hall–Kier alpha value is -1.22. The first kappa shape index (κ1) is 13.2. The molecular weight excluding hydrogens is 226 g/mol. The van der Waals surface area contributed by atoms with Crippen molar-refractivity contribution in [3.8, 4) is 5.75 Å². The lowest BCUT2D eigenvalue weighted by molar-refractivity contribution is 0.117. The fourth-order valence-electron chi connectivity index (χ4n) is 2.73. The summed E-state index contributed by atoms with van der Waals surface area (Å²) in [4.78, 5) is 2.10. The van der Waals surface area contributed by atoms with E-state index in [1.165, 1.54) is 25.7 Å². The van der Waals surface area contributed by atoms with Crippen molar-refractivity contribution >= 4 is 5.69 Å². The first-order valence-corrected chi connectivity index (χ1v) is 6.74. The van der Waals surface area contributed by atoms with Crippen LogP contribution in [0.3, 0.4) is 0 Å².